The van der Waals surface area contributed by atoms with Crippen LogP contribution in [0.5, 0.6) is 5.75 Å². The number of nitrogens with one attached hydrogen (secondary N) is 1. The van der Waals surface area contributed by atoms with Gasteiger partial charge in [0.25, 0.3) is 0 Å². The molecule has 0 aliphatic carbocycles. The number of hydrogen-bond donors (Lipinski definition) is 1. The Bertz CT molecular complexity index is 678. The fraction of sp³-hybridized carbons (Fsp3) is 0.409. The van der Waals surface area contributed by atoms with Crippen LogP contribution in [0.1, 0.15) is 36.6 Å². The number of hydrogen-bond acceptors (Lipinski definition) is 3. The van der Waals surface area contributed by atoms with E-state index in [4.69, 9.17) is 4.74 Å². The minimum absolute atomic E-state index is 0.0335. The molecule has 1 amide bonds. The number of ether oxygens (including phenoxy) is 1. The van der Waals surface area contributed by atoms with Crippen LogP contribution < -0.4 is 10.1 Å². The molecule has 1 N–H and O–H groups in total. The van der Waals surface area contributed by atoms with E-state index in [-0.39, 0.29) is 11.9 Å². The lowest BCUT2D eigenvalue weighted by Crippen LogP contribution is -2.35. The summed E-state index contributed by atoms with van der Waals surface area (Å²) in [6, 6.07) is 16.5. The highest BCUT2D eigenvalue weighted by Crippen LogP contribution is 2.18. The minimum atomic E-state index is 0.0335. The van der Waals surface area contributed by atoms with Crippen molar-refractivity contribution >= 4 is 5.91 Å². The van der Waals surface area contributed by atoms with Crippen LogP contribution in [0, 0.1) is 0 Å². The molecule has 1 atom stereocenters. The third kappa shape index (κ3) is 5.88. The molecule has 4 heteroatoms. The first-order valence-corrected chi connectivity index (χ1v) is 9.27. The van der Waals surface area contributed by atoms with Crippen LogP contribution in [-0.2, 0) is 17.6 Å². The minimum Gasteiger partial charge on any atom is -0.494 e. The summed E-state index contributed by atoms with van der Waals surface area (Å²) in [7, 11) is 4.08. The number of likely N-dealkylation sites (N-methyl/N-ethyl adjacent to an activating group) is 1. The largest absolute Gasteiger partial charge is 0.494 e. The van der Waals surface area contributed by atoms with E-state index in [1.807, 2.05) is 45.3 Å². The molecule has 0 bridgehead atoms. The summed E-state index contributed by atoms with van der Waals surface area (Å²) in [5.41, 5.74) is 3.53. The second-order valence-electron chi connectivity index (χ2n) is 6.63. The Hall–Kier alpha value is -2.33. The van der Waals surface area contributed by atoms with E-state index in [0.717, 1.165) is 17.7 Å². The van der Waals surface area contributed by atoms with E-state index in [1.54, 1.807) is 0 Å². The molecule has 0 aromatic heterocycles. The van der Waals surface area contributed by atoms with Crippen molar-refractivity contribution in [3.63, 3.8) is 0 Å². The first kappa shape index (κ1) is 20.0. The fourth-order valence-electron chi connectivity index (χ4n) is 2.90. The molecule has 0 aliphatic heterocycles. The first-order chi connectivity index (χ1) is 12.5. The number of carbonyl (C=O) groups excluding carboxylic acids is 1. The number of carbonyl (C=O) groups is 1. The number of amides is 1. The normalized spacial score (nSPS) is 12.0. The van der Waals surface area contributed by atoms with E-state index < -0.39 is 0 Å². The van der Waals surface area contributed by atoms with Crippen molar-refractivity contribution in [3.05, 3.63) is 65.2 Å². The second kappa shape index (κ2) is 9.97. The molecule has 140 valence electrons. The predicted molar refractivity (Wildman–Crippen MR) is 107 cm³/mol. The Morgan fingerprint density at radius 1 is 1.00 bits per heavy atom. The molecule has 0 aliphatic rings. The summed E-state index contributed by atoms with van der Waals surface area (Å²) in [5, 5.41) is 3.07. The van der Waals surface area contributed by atoms with E-state index in [0.29, 0.717) is 19.6 Å². The van der Waals surface area contributed by atoms with E-state index in [2.05, 4.69) is 41.4 Å². The van der Waals surface area contributed by atoms with E-state index >= 15 is 0 Å². The number of aryl methyl sites for hydroxylation is 1. The van der Waals surface area contributed by atoms with Crippen LogP contribution in [-0.4, -0.2) is 38.1 Å². The van der Waals surface area contributed by atoms with Crippen molar-refractivity contribution in [2.75, 3.05) is 27.2 Å². The van der Waals surface area contributed by atoms with Gasteiger partial charge in [-0.1, -0.05) is 43.3 Å². The molecular weight excluding hydrogens is 324 g/mol. The summed E-state index contributed by atoms with van der Waals surface area (Å²) in [6.07, 6.45) is 1.41. The van der Waals surface area contributed by atoms with Gasteiger partial charge in [0.15, 0.2) is 0 Å². The van der Waals surface area contributed by atoms with Gasteiger partial charge >= 0.3 is 0 Å². The highest BCUT2D eigenvalue weighted by molar-refractivity contribution is 5.78. The van der Waals surface area contributed by atoms with Crippen LogP contribution >= 0.6 is 0 Å². The highest BCUT2D eigenvalue weighted by Gasteiger charge is 2.15. The van der Waals surface area contributed by atoms with Crippen molar-refractivity contribution in [1.82, 2.24) is 10.2 Å². The van der Waals surface area contributed by atoms with Gasteiger partial charge in [-0.25, -0.2) is 0 Å². The SMILES string of the molecule is CCOc1ccc(CC(=O)NCC(c2ccc(CC)cc2)N(C)C)cc1. The van der Waals surface area contributed by atoms with Crippen LogP contribution in [0.2, 0.25) is 0 Å². The number of rotatable bonds is 9. The Balaban J connectivity index is 1.92. The summed E-state index contributed by atoms with van der Waals surface area (Å²) >= 11 is 0. The maximum atomic E-state index is 12.3. The quantitative estimate of drug-likeness (QED) is 0.748. The van der Waals surface area contributed by atoms with Crippen LogP contribution in [0.15, 0.2) is 48.5 Å². The monoisotopic (exact) mass is 354 g/mol. The standard InChI is InChI=1S/C22H30N2O2/c1-5-17-7-11-19(12-8-17)21(24(3)4)16-23-22(25)15-18-9-13-20(14-10-18)26-6-2/h7-14,21H,5-6,15-16H2,1-4H3,(H,23,25). The van der Waals surface area contributed by atoms with Crippen molar-refractivity contribution in [2.45, 2.75) is 32.7 Å². The van der Waals surface area contributed by atoms with Gasteiger partial charge in [-0.3, -0.25) is 4.79 Å². The zero-order chi connectivity index (χ0) is 18.9. The summed E-state index contributed by atoms with van der Waals surface area (Å²) in [5.74, 6) is 0.867. The van der Waals surface area contributed by atoms with Crippen LogP contribution in [0.4, 0.5) is 0 Å². The van der Waals surface area contributed by atoms with Crippen molar-refractivity contribution < 1.29 is 9.53 Å². The summed E-state index contributed by atoms with van der Waals surface area (Å²) < 4.78 is 5.43. The highest BCUT2D eigenvalue weighted by atomic mass is 16.5. The molecule has 0 radical (unpaired) electrons. The van der Waals surface area contributed by atoms with Gasteiger partial charge in [-0.2, -0.15) is 0 Å². The lowest BCUT2D eigenvalue weighted by molar-refractivity contribution is -0.120. The smallest absolute Gasteiger partial charge is 0.224 e. The van der Waals surface area contributed by atoms with E-state index in [9.17, 15) is 4.79 Å². The molecule has 0 heterocycles. The molecule has 4 nitrogen and oxygen atoms in total. The Morgan fingerprint density at radius 3 is 2.15 bits per heavy atom. The molecule has 0 saturated carbocycles. The second-order valence-corrected chi connectivity index (χ2v) is 6.63. The van der Waals surface area contributed by atoms with Gasteiger partial charge in [-0.15, -0.1) is 0 Å². The maximum absolute atomic E-state index is 12.3. The number of nitrogens with zero attached hydrogens (tertiary/aromatic N) is 1. The van der Waals surface area contributed by atoms with Crippen molar-refractivity contribution in [3.8, 4) is 5.75 Å². The third-order valence-electron chi connectivity index (χ3n) is 4.49. The van der Waals surface area contributed by atoms with E-state index in [1.165, 1.54) is 11.1 Å². The van der Waals surface area contributed by atoms with Crippen molar-refractivity contribution in [1.29, 1.82) is 0 Å². The average Bonchev–Trinajstić information content (AvgIpc) is 2.64. The Kier molecular flexibility index (Phi) is 7.67. The molecule has 0 saturated heterocycles. The molecule has 2 aromatic carbocycles. The Morgan fingerprint density at radius 2 is 1.62 bits per heavy atom. The first-order valence-electron chi connectivity index (χ1n) is 9.27. The summed E-state index contributed by atoms with van der Waals surface area (Å²) in [6.45, 7) is 5.34. The lowest BCUT2D eigenvalue weighted by Gasteiger charge is -2.25. The van der Waals surface area contributed by atoms with Crippen LogP contribution in [0.25, 0.3) is 0 Å². The van der Waals surface area contributed by atoms with Gasteiger partial charge < -0.3 is 15.0 Å². The summed E-state index contributed by atoms with van der Waals surface area (Å²) in [4.78, 5) is 14.5. The fourth-order valence-corrected chi connectivity index (χ4v) is 2.90. The molecule has 0 spiro atoms. The van der Waals surface area contributed by atoms with Crippen molar-refractivity contribution in [2.24, 2.45) is 0 Å². The van der Waals surface area contributed by atoms with Crippen LogP contribution in [0.3, 0.4) is 0 Å². The molecule has 2 rings (SSSR count). The molecule has 1 unspecified atom stereocenters. The molecule has 26 heavy (non-hydrogen) atoms. The zero-order valence-electron chi connectivity index (χ0n) is 16.3. The average molecular weight is 354 g/mol. The maximum Gasteiger partial charge on any atom is 0.224 e. The zero-order valence-corrected chi connectivity index (χ0v) is 16.3. The van der Waals surface area contributed by atoms with Gasteiger partial charge in [0.05, 0.1) is 19.1 Å². The topological polar surface area (TPSA) is 41.6 Å². The Labute approximate surface area is 157 Å². The molecule has 0 fully saturated rings. The predicted octanol–water partition coefficient (Wildman–Crippen LogP) is 3.61. The lowest BCUT2D eigenvalue weighted by atomic mass is 10.0. The molecular formula is C22H30N2O2. The van der Waals surface area contributed by atoms with Gasteiger partial charge in [0.1, 0.15) is 5.75 Å². The number of benzene rings is 2. The van der Waals surface area contributed by atoms with Gasteiger partial charge in [0, 0.05) is 6.54 Å². The van der Waals surface area contributed by atoms with Gasteiger partial charge in [-0.05, 0) is 56.3 Å². The molecule has 2 aromatic rings. The van der Waals surface area contributed by atoms with Gasteiger partial charge in [0.2, 0.25) is 5.91 Å². The third-order valence-corrected chi connectivity index (χ3v) is 4.49.